The van der Waals surface area contributed by atoms with Gasteiger partial charge in [-0.2, -0.15) is 0 Å². The van der Waals surface area contributed by atoms with Crippen molar-refractivity contribution < 1.29 is 29.6 Å². The lowest BCUT2D eigenvalue weighted by Gasteiger charge is -2.49. The van der Waals surface area contributed by atoms with Crippen LogP contribution in [0.25, 0.3) is 0 Å². The van der Waals surface area contributed by atoms with Gasteiger partial charge in [-0.15, -0.1) is 0 Å². The number of aliphatic carboxylic acids is 1. The molecule has 3 saturated heterocycles. The molecule has 0 aliphatic carbocycles. The highest BCUT2D eigenvalue weighted by molar-refractivity contribution is 5.64. The van der Waals surface area contributed by atoms with Crippen LogP contribution in [-0.4, -0.2) is 46.9 Å². The van der Waals surface area contributed by atoms with Gasteiger partial charge in [0.15, 0.2) is 6.29 Å². The van der Waals surface area contributed by atoms with E-state index in [-0.39, 0.29) is 36.9 Å². The number of carbonyl (C=O) groups excluding carboxylic acids is 1. The second-order valence-electron chi connectivity index (χ2n) is 7.31. The van der Waals surface area contributed by atoms with Gasteiger partial charge >= 0.3 is 0 Å². The van der Waals surface area contributed by atoms with Crippen molar-refractivity contribution in [3.05, 3.63) is 24.3 Å². The maximum absolute atomic E-state index is 10.4. The van der Waals surface area contributed by atoms with Gasteiger partial charge in [0.25, 0.3) is 0 Å². The van der Waals surface area contributed by atoms with Crippen molar-refractivity contribution in [3.63, 3.8) is 0 Å². The quantitative estimate of drug-likeness (QED) is 0.400. The van der Waals surface area contributed by atoms with Crippen LogP contribution in [0.5, 0.6) is 0 Å². The van der Waals surface area contributed by atoms with Crippen LogP contribution >= 0.6 is 0 Å². The van der Waals surface area contributed by atoms with E-state index < -0.39 is 12.1 Å². The summed E-state index contributed by atoms with van der Waals surface area (Å²) in [5.41, 5.74) is 0. The first-order chi connectivity index (χ1) is 12.5. The highest BCUT2D eigenvalue weighted by atomic mass is 16.7. The maximum atomic E-state index is 10.4. The van der Waals surface area contributed by atoms with E-state index in [4.69, 9.17) is 9.47 Å². The normalized spacial score (nSPS) is 30.4. The fourth-order valence-electron chi connectivity index (χ4n) is 3.39. The molecule has 3 aliphatic heterocycles. The second kappa shape index (κ2) is 10.8. The summed E-state index contributed by atoms with van der Waals surface area (Å²) in [5, 5.41) is 29.7. The van der Waals surface area contributed by atoms with Crippen molar-refractivity contribution >= 4 is 5.97 Å². The summed E-state index contributed by atoms with van der Waals surface area (Å²) in [6.07, 6.45) is 12.1. The lowest BCUT2D eigenvalue weighted by molar-refractivity contribution is -0.337. The number of fused-ring (bicyclic) bond motifs is 2. The smallest absolute Gasteiger partial charge is 0.161 e. The van der Waals surface area contributed by atoms with Gasteiger partial charge in [0, 0.05) is 18.3 Å². The molecule has 148 valence electrons. The van der Waals surface area contributed by atoms with Crippen molar-refractivity contribution in [1.29, 1.82) is 0 Å². The van der Waals surface area contributed by atoms with Crippen LogP contribution in [0.15, 0.2) is 24.3 Å². The van der Waals surface area contributed by atoms with Crippen LogP contribution in [0, 0.1) is 5.92 Å². The molecule has 26 heavy (non-hydrogen) atoms. The molecule has 0 saturated carbocycles. The molecule has 0 spiro atoms. The summed E-state index contributed by atoms with van der Waals surface area (Å²) in [7, 11) is 0. The highest BCUT2D eigenvalue weighted by Gasteiger charge is 2.46. The van der Waals surface area contributed by atoms with Gasteiger partial charge in [0.05, 0.1) is 24.4 Å². The van der Waals surface area contributed by atoms with Crippen LogP contribution in [0.3, 0.4) is 0 Å². The van der Waals surface area contributed by atoms with Crippen LogP contribution in [0.4, 0.5) is 0 Å². The van der Waals surface area contributed by atoms with E-state index in [1.165, 1.54) is 0 Å². The van der Waals surface area contributed by atoms with Gasteiger partial charge in [-0.1, -0.05) is 24.3 Å². The van der Waals surface area contributed by atoms with Crippen molar-refractivity contribution in [3.8, 4) is 0 Å². The molecular weight excluding hydrogens is 336 g/mol. The highest BCUT2D eigenvalue weighted by Crippen LogP contribution is 2.40. The zero-order valence-electron chi connectivity index (χ0n) is 15.5. The van der Waals surface area contributed by atoms with Crippen LogP contribution in [-0.2, 0) is 14.3 Å². The van der Waals surface area contributed by atoms with Crippen molar-refractivity contribution in [2.75, 3.05) is 0 Å². The van der Waals surface area contributed by atoms with Crippen molar-refractivity contribution in [2.24, 2.45) is 5.92 Å². The fourth-order valence-corrected chi connectivity index (χ4v) is 3.39. The Hall–Kier alpha value is -1.21. The number of carboxylic acids is 1. The van der Waals surface area contributed by atoms with Crippen molar-refractivity contribution in [2.45, 2.75) is 89.0 Å². The third kappa shape index (κ3) is 7.19. The number of unbranched alkanes of at least 4 members (excludes halogenated alkanes) is 1. The first kappa shape index (κ1) is 21.1. The molecule has 0 aromatic heterocycles. The predicted octanol–water partition coefficient (Wildman–Crippen LogP) is 1.45. The number of hydrogen-bond donors (Lipinski definition) is 2. The average Bonchev–Trinajstić information content (AvgIpc) is 2.55. The van der Waals surface area contributed by atoms with E-state index in [1.54, 1.807) is 13.0 Å². The molecule has 6 nitrogen and oxygen atoms in total. The summed E-state index contributed by atoms with van der Waals surface area (Å²) in [6.45, 7) is 1.75. The molecule has 0 radical (unpaired) electrons. The summed E-state index contributed by atoms with van der Waals surface area (Å²) in [5.74, 6) is -0.802. The third-order valence-electron chi connectivity index (χ3n) is 4.93. The maximum Gasteiger partial charge on any atom is 0.161 e. The molecule has 0 aromatic carbocycles. The Labute approximate surface area is 155 Å². The lowest BCUT2D eigenvalue weighted by Crippen LogP contribution is -2.55. The Bertz CT molecular complexity index is 481. The first-order valence-corrected chi connectivity index (χ1v) is 9.66. The van der Waals surface area contributed by atoms with E-state index in [2.05, 4.69) is 6.08 Å². The monoisotopic (exact) mass is 367 g/mol. The van der Waals surface area contributed by atoms with E-state index >= 15 is 0 Å². The molecule has 6 heteroatoms. The zero-order chi connectivity index (χ0) is 18.9. The summed E-state index contributed by atoms with van der Waals surface area (Å²) in [4.78, 5) is 10.4. The Morgan fingerprint density at radius 1 is 1.23 bits per heavy atom. The van der Waals surface area contributed by atoms with Gasteiger partial charge in [-0.25, -0.2) is 0 Å². The number of rotatable bonds is 12. The molecule has 0 amide bonds. The number of carboxylic acid groups (broad SMARTS) is 1. The molecule has 2 bridgehead atoms. The Morgan fingerprint density at radius 2 is 2.00 bits per heavy atom. The molecular formula is C20H31O6-. The lowest BCUT2D eigenvalue weighted by atomic mass is 9.84. The van der Waals surface area contributed by atoms with Gasteiger partial charge < -0.3 is 29.6 Å². The van der Waals surface area contributed by atoms with E-state index in [9.17, 15) is 20.1 Å². The summed E-state index contributed by atoms with van der Waals surface area (Å²) in [6, 6.07) is 0. The molecule has 0 aromatic rings. The van der Waals surface area contributed by atoms with E-state index in [0.29, 0.717) is 19.3 Å². The number of aliphatic hydroxyl groups excluding tert-OH is 2. The number of carbonyl (C=O) groups is 1. The SMILES string of the molecule is CC(O)CCC[C@H](O)/C=C/[C@H]1O[C@H]2C[C@H](O2)[C@@H]1C/C=C\CCCC(=O)[O-]. The van der Waals surface area contributed by atoms with Crippen molar-refractivity contribution in [1.82, 2.24) is 0 Å². The summed E-state index contributed by atoms with van der Waals surface area (Å²) >= 11 is 0. The Morgan fingerprint density at radius 3 is 2.69 bits per heavy atom. The number of allylic oxidation sites excluding steroid dienone is 2. The van der Waals surface area contributed by atoms with E-state index in [0.717, 1.165) is 25.7 Å². The average molecular weight is 367 g/mol. The first-order valence-electron chi connectivity index (χ1n) is 9.66. The fraction of sp³-hybridized carbons (Fsp3) is 0.750. The third-order valence-corrected chi connectivity index (χ3v) is 4.93. The largest absolute Gasteiger partial charge is 0.550 e. The minimum atomic E-state index is -1.01. The van der Waals surface area contributed by atoms with Gasteiger partial charge in [-0.05, 0) is 51.9 Å². The topological polar surface area (TPSA) is 99.1 Å². The van der Waals surface area contributed by atoms with Gasteiger partial charge in [0.1, 0.15) is 0 Å². The molecule has 3 aliphatic rings. The predicted molar refractivity (Wildman–Crippen MR) is 94.9 cm³/mol. The Balaban J connectivity index is 1.75. The molecule has 1 unspecified atom stereocenters. The zero-order valence-corrected chi connectivity index (χ0v) is 15.5. The Kier molecular flexibility index (Phi) is 8.78. The van der Waals surface area contributed by atoms with Gasteiger partial charge in [0.2, 0.25) is 0 Å². The number of aliphatic hydroxyl groups is 2. The number of hydrogen-bond acceptors (Lipinski definition) is 6. The molecule has 6 atom stereocenters. The molecule has 3 fully saturated rings. The number of ether oxygens (including phenoxy) is 2. The minimum Gasteiger partial charge on any atom is -0.550 e. The molecule has 2 N–H and O–H groups in total. The van der Waals surface area contributed by atoms with Gasteiger partial charge in [-0.3, -0.25) is 0 Å². The molecule has 3 rings (SSSR count). The van der Waals surface area contributed by atoms with Crippen LogP contribution in [0.2, 0.25) is 0 Å². The van der Waals surface area contributed by atoms with Crippen LogP contribution in [0.1, 0.15) is 58.3 Å². The summed E-state index contributed by atoms with van der Waals surface area (Å²) < 4.78 is 11.5. The minimum absolute atomic E-state index is 0.0771. The van der Waals surface area contributed by atoms with E-state index in [1.807, 2.05) is 12.2 Å². The standard InChI is InChI=1S/C20H32O6/c1-14(21)7-6-8-15(22)11-12-17-16(18-13-20(25-17)26-18)9-4-2-3-5-10-19(23)24/h2,4,11-12,14-18,20-22H,3,5-10,13H2,1H3,(H,23,24)/p-1/b4-2-,12-11+/t14?,15-,16+,17+,18-,20+/m0/s1. The molecule has 3 heterocycles. The van der Waals surface area contributed by atoms with Crippen LogP contribution < -0.4 is 5.11 Å². The second-order valence-corrected chi connectivity index (χ2v) is 7.31.